The van der Waals surface area contributed by atoms with Crippen molar-refractivity contribution in [1.82, 2.24) is 0 Å². The zero-order valence-electron chi connectivity index (χ0n) is 17.3. The Morgan fingerprint density at radius 2 is 1.74 bits per heavy atom. The molecule has 0 aromatic heterocycles. The molecule has 0 heterocycles. The smallest absolute Gasteiger partial charge is 0.347 e. The second kappa shape index (κ2) is 10.2. The number of carbonyl (C=O) groups excluding carboxylic acids is 3. The van der Waals surface area contributed by atoms with Crippen LogP contribution in [0, 0.1) is 5.92 Å². The highest BCUT2D eigenvalue weighted by Crippen LogP contribution is 2.43. The van der Waals surface area contributed by atoms with Crippen LogP contribution in [0.2, 0.25) is 0 Å². The second-order valence-corrected chi connectivity index (χ2v) is 7.24. The average molecular weight is 438 g/mol. The minimum atomic E-state index is -2.75. The summed E-state index contributed by atoms with van der Waals surface area (Å²) in [6.45, 7) is 3.47. The summed E-state index contributed by atoms with van der Waals surface area (Å²) in [5, 5.41) is 9.92. The van der Waals surface area contributed by atoms with Crippen molar-refractivity contribution in [2.45, 2.75) is 57.2 Å². The monoisotopic (exact) mass is 438 g/mol. The molecule has 31 heavy (non-hydrogen) atoms. The lowest BCUT2D eigenvalue weighted by Crippen LogP contribution is -2.68. The van der Waals surface area contributed by atoms with Crippen LogP contribution in [0.25, 0.3) is 0 Å². The number of aliphatic carboxylic acids is 1. The zero-order chi connectivity index (χ0) is 23.2. The number of carboxylic acid groups (broad SMARTS) is 1. The summed E-state index contributed by atoms with van der Waals surface area (Å²) >= 11 is 0. The third-order valence-corrected chi connectivity index (χ3v) is 5.46. The van der Waals surface area contributed by atoms with E-state index in [0.29, 0.717) is 12.8 Å². The number of hydrogen-bond donors (Lipinski definition) is 3. The van der Waals surface area contributed by atoms with Gasteiger partial charge in [-0.25, -0.2) is 4.79 Å². The highest BCUT2D eigenvalue weighted by Gasteiger charge is 2.68. The second-order valence-electron chi connectivity index (χ2n) is 7.24. The van der Waals surface area contributed by atoms with Gasteiger partial charge in [0.15, 0.2) is 5.78 Å². The number of ketones is 3. The van der Waals surface area contributed by atoms with Crippen molar-refractivity contribution >= 4 is 23.3 Å². The predicted molar refractivity (Wildman–Crippen MR) is 104 cm³/mol. The zero-order valence-corrected chi connectivity index (χ0v) is 17.3. The van der Waals surface area contributed by atoms with Gasteiger partial charge in [-0.3, -0.25) is 14.4 Å². The number of carbonyl (C=O) groups is 4. The van der Waals surface area contributed by atoms with Crippen LogP contribution < -0.4 is 11.8 Å². The molecule has 0 saturated carbocycles. The summed E-state index contributed by atoms with van der Waals surface area (Å²) in [5.41, 5.74) is -5.52. The fraction of sp³-hybridized carbons (Fsp3) is 0.500. The Labute approximate surface area is 178 Å². The summed E-state index contributed by atoms with van der Waals surface area (Å²) < 4.78 is 0. The van der Waals surface area contributed by atoms with Crippen LogP contribution in [0.1, 0.15) is 66.7 Å². The molecule has 0 amide bonds. The molecule has 0 aliphatic heterocycles. The van der Waals surface area contributed by atoms with Gasteiger partial charge in [0.05, 0.1) is 5.92 Å². The van der Waals surface area contributed by atoms with Crippen molar-refractivity contribution in [1.29, 1.82) is 0 Å². The molecule has 3 atom stereocenters. The number of fused-ring (bicyclic) bond motifs is 1. The SMILES string of the molecule is CCCCC(OON)(C(=O)O)C(=O)C1(OON)C(=O)c2ccccc2C(=O)C1CCC. The van der Waals surface area contributed by atoms with E-state index in [0.717, 1.165) is 0 Å². The van der Waals surface area contributed by atoms with Gasteiger partial charge in [0.25, 0.3) is 5.60 Å². The van der Waals surface area contributed by atoms with Crippen LogP contribution in [0.4, 0.5) is 0 Å². The van der Waals surface area contributed by atoms with E-state index in [9.17, 15) is 24.3 Å². The number of benzene rings is 1. The lowest BCUT2D eigenvalue weighted by atomic mass is 9.64. The van der Waals surface area contributed by atoms with E-state index < -0.39 is 46.9 Å². The predicted octanol–water partition coefficient (Wildman–Crippen LogP) is 1.45. The Bertz CT molecular complexity index is 859. The summed E-state index contributed by atoms with van der Waals surface area (Å²) in [7, 11) is 0. The number of nitrogens with two attached hydrogens (primary N) is 2. The molecular weight excluding hydrogens is 412 g/mol. The Balaban J connectivity index is 2.82. The molecule has 11 nitrogen and oxygen atoms in total. The molecule has 170 valence electrons. The van der Waals surface area contributed by atoms with Crippen LogP contribution in [0.3, 0.4) is 0 Å². The molecule has 0 saturated heterocycles. The average Bonchev–Trinajstić information content (AvgIpc) is 2.76. The van der Waals surface area contributed by atoms with E-state index in [-0.39, 0.29) is 24.0 Å². The van der Waals surface area contributed by atoms with Gasteiger partial charge in [-0.2, -0.15) is 21.6 Å². The van der Waals surface area contributed by atoms with Crippen LogP contribution in [0.5, 0.6) is 0 Å². The maximum absolute atomic E-state index is 13.8. The summed E-state index contributed by atoms with van der Waals surface area (Å²) in [4.78, 5) is 71.1. The number of unbranched alkanes of at least 4 members (excludes halogenated alkanes) is 1. The highest BCUT2D eigenvalue weighted by atomic mass is 17.3. The van der Waals surface area contributed by atoms with E-state index >= 15 is 0 Å². The fourth-order valence-electron chi connectivity index (χ4n) is 3.96. The largest absolute Gasteiger partial charge is 0.479 e. The lowest BCUT2D eigenvalue weighted by molar-refractivity contribution is -0.370. The molecule has 0 fully saturated rings. The van der Waals surface area contributed by atoms with Crippen molar-refractivity contribution in [3.8, 4) is 0 Å². The first kappa shape index (κ1) is 24.7. The molecule has 2 rings (SSSR count). The summed E-state index contributed by atoms with van der Waals surface area (Å²) in [6.07, 6.45) is 0.620. The Hall–Kier alpha value is -2.54. The standard InChI is InChI=1S/C20H26N2O9/c1-3-5-11-19(18(26)27,28-30-21)17(25)20(29-31-22)14(8-4-2)15(23)12-9-6-7-10-13(12)16(20)24/h6-7,9-10,14H,3-5,8,11,21-22H2,1-2H3,(H,26,27). The van der Waals surface area contributed by atoms with Crippen molar-refractivity contribution in [2.75, 3.05) is 0 Å². The molecule has 0 bridgehead atoms. The maximum atomic E-state index is 13.8. The normalized spacial score (nSPS) is 22.6. The van der Waals surface area contributed by atoms with Crippen molar-refractivity contribution in [3.63, 3.8) is 0 Å². The molecule has 11 heteroatoms. The van der Waals surface area contributed by atoms with Crippen LogP contribution in [0.15, 0.2) is 24.3 Å². The van der Waals surface area contributed by atoms with Crippen molar-refractivity contribution in [2.24, 2.45) is 17.7 Å². The molecular formula is C20H26N2O9. The first-order chi connectivity index (χ1) is 14.8. The summed E-state index contributed by atoms with van der Waals surface area (Å²) in [6, 6.07) is 5.82. The van der Waals surface area contributed by atoms with Gasteiger partial charge < -0.3 is 5.11 Å². The lowest BCUT2D eigenvalue weighted by Gasteiger charge is -2.42. The number of carboxylic acids is 1. The Morgan fingerprint density at radius 3 is 2.26 bits per heavy atom. The minimum absolute atomic E-state index is 0.000959. The topological polar surface area (TPSA) is 177 Å². The molecule has 1 aliphatic carbocycles. The summed E-state index contributed by atoms with van der Waals surface area (Å²) in [5.74, 6) is 3.88. The van der Waals surface area contributed by atoms with Gasteiger partial charge in [-0.15, -0.1) is 9.98 Å². The first-order valence-corrected chi connectivity index (χ1v) is 9.83. The molecule has 1 aromatic rings. The maximum Gasteiger partial charge on any atom is 0.347 e. The van der Waals surface area contributed by atoms with E-state index in [1.54, 1.807) is 19.9 Å². The Kier molecular flexibility index (Phi) is 8.12. The van der Waals surface area contributed by atoms with Gasteiger partial charge in [0.1, 0.15) is 0 Å². The van der Waals surface area contributed by atoms with E-state index in [2.05, 4.69) is 9.98 Å². The highest BCUT2D eigenvalue weighted by molar-refractivity contribution is 6.31. The number of Topliss-reactive ketones (excluding diaryl/α,β-unsaturated/α-hetero) is 3. The van der Waals surface area contributed by atoms with Gasteiger partial charge in [-0.05, 0) is 19.3 Å². The Morgan fingerprint density at radius 1 is 1.10 bits per heavy atom. The quantitative estimate of drug-likeness (QED) is 0.244. The fourth-order valence-corrected chi connectivity index (χ4v) is 3.96. The van der Waals surface area contributed by atoms with Crippen molar-refractivity contribution in [3.05, 3.63) is 35.4 Å². The van der Waals surface area contributed by atoms with Crippen LogP contribution in [-0.4, -0.2) is 39.6 Å². The van der Waals surface area contributed by atoms with E-state index in [1.807, 2.05) is 0 Å². The number of rotatable bonds is 12. The van der Waals surface area contributed by atoms with Gasteiger partial charge in [0.2, 0.25) is 17.2 Å². The van der Waals surface area contributed by atoms with Crippen LogP contribution >= 0.6 is 0 Å². The molecule has 0 spiro atoms. The van der Waals surface area contributed by atoms with Gasteiger partial charge in [-0.1, -0.05) is 51.0 Å². The van der Waals surface area contributed by atoms with E-state index in [4.69, 9.17) is 21.6 Å². The molecule has 1 aliphatic rings. The number of hydrogen-bond acceptors (Lipinski definition) is 10. The van der Waals surface area contributed by atoms with Gasteiger partial charge >= 0.3 is 5.97 Å². The van der Waals surface area contributed by atoms with E-state index in [1.165, 1.54) is 18.2 Å². The molecule has 5 N–H and O–H groups in total. The van der Waals surface area contributed by atoms with Crippen molar-refractivity contribution < 1.29 is 44.0 Å². The van der Waals surface area contributed by atoms with Crippen LogP contribution in [-0.2, 0) is 29.3 Å². The molecule has 1 aromatic carbocycles. The third kappa shape index (κ3) is 4.03. The first-order valence-electron chi connectivity index (χ1n) is 9.83. The third-order valence-electron chi connectivity index (χ3n) is 5.46. The molecule has 3 unspecified atom stereocenters. The molecule has 0 radical (unpaired) electrons. The minimum Gasteiger partial charge on any atom is -0.479 e. The van der Waals surface area contributed by atoms with Gasteiger partial charge in [0, 0.05) is 11.1 Å².